The third-order valence-corrected chi connectivity index (χ3v) is 8.16. The number of nitrogens with zero attached hydrogens (tertiary/aromatic N) is 1. The van der Waals surface area contributed by atoms with Crippen LogP contribution in [0, 0.1) is 0 Å². The largest absolute Gasteiger partial charge is 0.497 e. The van der Waals surface area contributed by atoms with Gasteiger partial charge in [0.2, 0.25) is 11.8 Å². The van der Waals surface area contributed by atoms with Gasteiger partial charge in [-0.15, -0.1) is 0 Å². The molecule has 0 spiro atoms. The van der Waals surface area contributed by atoms with Crippen molar-refractivity contribution in [2.45, 2.75) is 76.0 Å². The van der Waals surface area contributed by atoms with Crippen molar-refractivity contribution < 1.29 is 34.0 Å². The molecule has 4 unspecified atom stereocenters. The van der Waals surface area contributed by atoms with Crippen LogP contribution in [0.1, 0.15) is 62.5 Å². The number of nitrogens with one attached hydrogen (secondary N) is 1. The fraction of sp³-hybridized carbons (Fsp3) is 0.515. The highest BCUT2D eigenvalue weighted by atomic mass is 16.5. The minimum Gasteiger partial charge on any atom is -0.497 e. The van der Waals surface area contributed by atoms with Gasteiger partial charge in [-0.3, -0.25) is 9.59 Å². The standard InChI is InChI=1S/C33H44N2O7/c1-4-5-6-7-8-13-29(37)35(18-16-22-20-23(40-2)14-15-27(22)41-3)26-21-25(33(39)34-17-19-36)30-24-11-9-10-12-28(24)42-32(30)31(26)38/h9-12,14-15,20-21,26,30-32,36,38H,4-8,13,16-19H2,1-3H3,(H,34,39). The number of para-hydroxylation sites is 1. The molecule has 3 N–H and O–H groups in total. The molecule has 228 valence electrons. The van der Waals surface area contributed by atoms with E-state index in [2.05, 4.69) is 12.2 Å². The van der Waals surface area contributed by atoms with Crippen molar-refractivity contribution in [3.05, 3.63) is 65.2 Å². The van der Waals surface area contributed by atoms with E-state index < -0.39 is 24.2 Å². The van der Waals surface area contributed by atoms with Crippen LogP contribution < -0.4 is 19.5 Å². The van der Waals surface area contributed by atoms with Crippen molar-refractivity contribution >= 4 is 11.8 Å². The van der Waals surface area contributed by atoms with Gasteiger partial charge in [-0.25, -0.2) is 0 Å². The Balaban J connectivity index is 1.67. The second-order valence-electron chi connectivity index (χ2n) is 10.9. The molecule has 9 heteroatoms. The monoisotopic (exact) mass is 580 g/mol. The number of carbonyl (C=O) groups is 2. The van der Waals surface area contributed by atoms with E-state index in [9.17, 15) is 19.8 Å². The number of benzene rings is 2. The van der Waals surface area contributed by atoms with E-state index in [0.717, 1.165) is 43.2 Å². The molecule has 9 nitrogen and oxygen atoms in total. The van der Waals surface area contributed by atoms with Crippen LogP contribution in [-0.4, -0.2) is 79.1 Å². The first-order chi connectivity index (χ1) is 20.4. The highest BCUT2D eigenvalue weighted by Gasteiger charge is 2.50. The number of methoxy groups -OCH3 is 2. The second-order valence-corrected chi connectivity index (χ2v) is 10.9. The maximum atomic E-state index is 13.8. The smallest absolute Gasteiger partial charge is 0.247 e. The topological polar surface area (TPSA) is 118 Å². The third-order valence-electron chi connectivity index (χ3n) is 8.16. The average molecular weight is 581 g/mol. The Bertz CT molecular complexity index is 1250. The molecular weight excluding hydrogens is 536 g/mol. The SMILES string of the molecule is CCCCCCCC(=O)N(CCc1cc(OC)ccc1OC)C1C=C(C(=O)NCCO)C2c3ccccc3OC2C1O. The predicted octanol–water partition coefficient (Wildman–Crippen LogP) is 3.76. The summed E-state index contributed by atoms with van der Waals surface area (Å²) in [6.07, 6.45) is 5.76. The molecule has 0 radical (unpaired) electrons. The molecule has 2 amide bonds. The van der Waals surface area contributed by atoms with Crippen molar-refractivity contribution in [3.63, 3.8) is 0 Å². The zero-order chi connectivity index (χ0) is 30.1. The Hall–Kier alpha value is -3.56. The zero-order valence-electron chi connectivity index (χ0n) is 24.9. The summed E-state index contributed by atoms with van der Waals surface area (Å²) in [7, 11) is 3.20. The molecule has 1 heterocycles. The fourth-order valence-corrected chi connectivity index (χ4v) is 5.97. The van der Waals surface area contributed by atoms with Crippen LogP contribution in [0.5, 0.6) is 17.2 Å². The van der Waals surface area contributed by atoms with Gasteiger partial charge in [-0.2, -0.15) is 0 Å². The first-order valence-electron chi connectivity index (χ1n) is 15.0. The van der Waals surface area contributed by atoms with E-state index in [1.807, 2.05) is 42.5 Å². The lowest BCUT2D eigenvalue weighted by Crippen LogP contribution is -2.56. The van der Waals surface area contributed by atoms with Gasteiger partial charge in [0.15, 0.2) is 0 Å². The summed E-state index contributed by atoms with van der Waals surface area (Å²) >= 11 is 0. The average Bonchev–Trinajstić information content (AvgIpc) is 3.41. The lowest BCUT2D eigenvalue weighted by molar-refractivity contribution is -0.137. The Morgan fingerprint density at radius 2 is 1.83 bits per heavy atom. The zero-order valence-corrected chi connectivity index (χ0v) is 24.9. The summed E-state index contributed by atoms with van der Waals surface area (Å²) in [5.41, 5.74) is 2.11. The lowest BCUT2D eigenvalue weighted by atomic mass is 9.77. The summed E-state index contributed by atoms with van der Waals surface area (Å²) in [5, 5.41) is 23.8. The minimum atomic E-state index is -1.06. The van der Waals surface area contributed by atoms with Crippen LogP contribution >= 0.6 is 0 Å². The molecule has 0 fully saturated rings. The number of rotatable bonds is 15. The highest BCUT2D eigenvalue weighted by Crippen LogP contribution is 2.47. The van der Waals surface area contributed by atoms with E-state index in [0.29, 0.717) is 42.2 Å². The number of ether oxygens (including phenoxy) is 3. The van der Waals surface area contributed by atoms with Crippen molar-refractivity contribution in [1.82, 2.24) is 10.2 Å². The molecule has 2 aromatic rings. The molecule has 2 aliphatic rings. The molecule has 4 atom stereocenters. The first-order valence-corrected chi connectivity index (χ1v) is 15.0. The fourth-order valence-electron chi connectivity index (χ4n) is 5.97. The minimum absolute atomic E-state index is 0.0854. The van der Waals surface area contributed by atoms with Gasteiger partial charge < -0.3 is 34.6 Å². The quantitative estimate of drug-likeness (QED) is 0.275. The van der Waals surface area contributed by atoms with Crippen LogP contribution in [0.25, 0.3) is 0 Å². The molecule has 4 rings (SSSR count). The van der Waals surface area contributed by atoms with Crippen LogP contribution in [-0.2, 0) is 16.0 Å². The molecule has 0 bridgehead atoms. The van der Waals surface area contributed by atoms with Gasteiger partial charge in [0.1, 0.15) is 29.5 Å². The number of aliphatic hydroxyl groups is 2. The molecule has 42 heavy (non-hydrogen) atoms. The third kappa shape index (κ3) is 7.07. The normalized spacial score (nSPS) is 20.5. The molecule has 0 saturated carbocycles. The van der Waals surface area contributed by atoms with Gasteiger partial charge in [0.25, 0.3) is 0 Å². The number of aliphatic hydroxyl groups excluding tert-OH is 2. The number of amides is 2. The lowest BCUT2D eigenvalue weighted by Gasteiger charge is -2.41. The number of hydrogen-bond acceptors (Lipinski definition) is 7. The Labute approximate surface area is 248 Å². The number of unbranched alkanes of at least 4 members (excludes halogenated alkanes) is 4. The predicted molar refractivity (Wildman–Crippen MR) is 160 cm³/mol. The van der Waals surface area contributed by atoms with Gasteiger partial charge >= 0.3 is 0 Å². The Morgan fingerprint density at radius 3 is 2.57 bits per heavy atom. The molecule has 0 saturated heterocycles. The van der Waals surface area contributed by atoms with Gasteiger partial charge in [-0.05, 0) is 48.7 Å². The van der Waals surface area contributed by atoms with E-state index in [1.165, 1.54) is 0 Å². The van der Waals surface area contributed by atoms with E-state index in [1.54, 1.807) is 25.2 Å². The second kappa shape index (κ2) is 15.1. The molecule has 1 aliphatic carbocycles. The number of carbonyl (C=O) groups excluding carboxylic acids is 2. The van der Waals surface area contributed by atoms with E-state index >= 15 is 0 Å². The van der Waals surface area contributed by atoms with E-state index in [4.69, 9.17) is 14.2 Å². The van der Waals surface area contributed by atoms with Crippen LogP contribution in [0.15, 0.2) is 54.1 Å². The highest BCUT2D eigenvalue weighted by molar-refractivity contribution is 5.96. The molecule has 0 aromatic heterocycles. The van der Waals surface area contributed by atoms with Gasteiger partial charge in [-0.1, -0.05) is 50.8 Å². The summed E-state index contributed by atoms with van der Waals surface area (Å²) in [6.45, 7) is 2.35. The van der Waals surface area contributed by atoms with Crippen molar-refractivity contribution in [3.8, 4) is 17.2 Å². The summed E-state index contributed by atoms with van der Waals surface area (Å²) in [5.74, 6) is 1.05. The summed E-state index contributed by atoms with van der Waals surface area (Å²) < 4.78 is 17.2. The Kier molecular flexibility index (Phi) is 11.3. The van der Waals surface area contributed by atoms with Gasteiger partial charge in [0.05, 0.1) is 32.8 Å². The van der Waals surface area contributed by atoms with Crippen molar-refractivity contribution in [2.24, 2.45) is 0 Å². The van der Waals surface area contributed by atoms with Crippen LogP contribution in [0.2, 0.25) is 0 Å². The van der Waals surface area contributed by atoms with Crippen LogP contribution in [0.4, 0.5) is 0 Å². The maximum absolute atomic E-state index is 13.8. The molecule has 1 aliphatic heterocycles. The van der Waals surface area contributed by atoms with Gasteiger partial charge in [0, 0.05) is 30.6 Å². The maximum Gasteiger partial charge on any atom is 0.247 e. The Morgan fingerprint density at radius 1 is 1.05 bits per heavy atom. The summed E-state index contributed by atoms with van der Waals surface area (Å²) in [4.78, 5) is 28.9. The van der Waals surface area contributed by atoms with Crippen LogP contribution in [0.3, 0.4) is 0 Å². The number of fused-ring (bicyclic) bond motifs is 3. The number of hydrogen-bond donors (Lipinski definition) is 3. The summed E-state index contributed by atoms with van der Waals surface area (Å²) in [6, 6.07) is 12.2. The van der Waals surface area contributed by atoms with Crippen molar-refractivity contribution in [1.29, 1.82) is 0 Å². The van der Waals surface area contributed by atoms with Crippen molar-refractivity contribution in [2.75, 3.05) is 33.9 Å². The first kappa shape index (κ1) is 31.4. The van der Waals surface area contributed by atoms with E-state index in [-0.39, 0.29) is 25.0 Å². The molecule has 2 aromatic carbocycles. The molecular formula is C33H44N2O7.